The molecule has 148 valence electrons. The van der Waals surface area contributed by atoms with Gasteiger partial charge in [-0.25, -0.2) is 4.39 Å². The molecule has 1 heterocycles. The molecule has 5 nitrogen and oxygen atoms in total. The summed E-state index contributed by atoms with van der Waals surface area (Å²) in [5.74, 6) is 0.502. The van der Waals surface area contributed by atoms with Crippen LogP contribution in [-0.2, 0) is 14.9 Å². The third-order valence-corrected chi connectivity index (χ3v) is 4.94. The highest BCUT2D eigenvalue weighted by Crippen LogP contribution is 2.24. The summed E-state index contributed by atoms with van der Waals surface area (Å²) in [4.78, 5) is 4.29. The lowest BCUT2D eigenvalue weighted by molar-refractivity contribution is -0.0855. The summed E-state index contributed by atoms with van der Waals surface area (Å²) in [5, 5.41) is 6.69. The van der Waals surface area contributed by atoms with Crippen LogP contribution in [0, 0.1) is 5.82 Å². The summed E-state index contributed by atoms with van der Waals surface area (Å²) in [6.07, 6.45) is 1.73. The molecule has 0 aliphatic carbocycles. The van der Waals surface area contributed by atoms with E-state index in [2.05, 4.69) is 29.5 Å². The number of ether oxygens (including phenoxy) is 2. The first-order valence-corrected chi connectivity index (χ1v) is 8.74. The van der Waals surface area contributed by atoms with Gasteiger partial charge in [0.1, 0.15) is 5.82 Å². The molecule has 1 aromatic rings. The fourth-order valence-corrected chi connectivity index (χ4v) is 2.98. The SMILES string of the molecule is CN=C(NCC1(OC)CCOCC1)NCC(C)(C)c1cccc(F)c1.I. The molecule has 7 heteroatoms. The summed E-state index contributed by atoms with van der Waals surface area (Å²) in [6, 6.07) is 6.74. The number of nitrogens with zero attached hydrogens (tertiary/aromatic N) is 1. The zero-order chi connectivity index (χ0) is 18.3. The highest BCUT2D eigenvalue weighted by molar-refractivity contribution is 14.0. The van der Waals surface area contributed by atoms with Crippen LogP contribution in [0.1, 0.15) is 32.3 Å². The van der Waals surface area contributed by atoms with Gasteiger partial charge in [0.15, 0.2) is 5.96 Å². The summed E-state index contributed by atoms with van der Waals surface area (Å²) in [6.45, 7) is 6.91. The molecule has 1 aromatic carbocycles. The molecule has 0 bridgehead atoms. The Hall–Kier alpha value is -0.930. The highest BCUT2D eigenvalue weighted by Gasteiger charge is 2.32. The van der Waals surface area contributed by atoms with Crippen LogP contribution in [0.5, 0.6) is 0 Å². The van der Waals surface area contributed by atoms with Gasteiger partial charge in [0, 0.05) is 58.7 Å². The van der Waals surface area contributed by atoms with Gasteiger partial charge in [0.2, 0.25) is 0 Å². The Morgan fingerprint density at radius 3 is 2.58 bits per heavy atom. The van der Waals surface area contributed by atoms with Crippen LogP contribution in [0.2, 0.25) is 0 Å². The van der Waals surface area contributed by atoms with Crippen LogP contribution in [0.3, 0.4) is 0 Å². The number of aliphatic imine (C=N–C) groups is 1. The van der Waals surface area contributed by atoms with E-state index in [-0.39, 0.29) is 40.8 Å². The topological polar surface area (TPSA) is 54.9 Å². The molecule has 26 heavy (non-hydrogen) atoms. The minimum absolute atomic E-state index is 0. The first-order chi connectivity index (χ1) is 11.9. The highest BCUT2D eigenvalue weighted by atomic mass is 127. The zero-order valence-electron chi connectivity index (χ0n) is 16.1. The van der Waals surface area contributed by atoms with Gasteiger partial charge in [-0.15, -0.1) is 24.0 Å². The lowest BCUT2D eigenvalue weighted by atomic mass is 9.84. The summed E-state index contributed by atoms with van der Waals surface area (Å²) in [5.41, 5.74) is 0.513. The standard InChI is InChI=1S/C19H30FN3O2.HI/c1-18(2,15-6-5-7-16(20)12-15)13-22-17(21-3)23-14-19(24-4)8-10-25-11-9-19;/h5-7,12H,8-11,13-14H2,1-4H3,(H2,21,22,23);1H. The molecule has 0 unspecified atom stereocenters. The van der Waals surface area contributed by atoms with Crippen molar-refractivity contribution >= 4 is 29.9 Å². The number of hydrogen-bond donors (Lipinski definition) is 2. The molecule has 1 saturated heterocycles. The molecule has 0 amide bonds. The van der Waals surface area contributed by atoms with Gasteiger partial charge >= 0.3 is 0 Å². The fraction of sp³-hybridized carbons (Fsp3) is 0.632. The molecule has 1 aliphatic rings. The summed E-state index contributed by atoms with van der Waals surface area (Å²) < 4.78 is 24.7. The molecule has 0 spiro atoms. The fourth-order valence-electron chi connectivity index (χ4n) is 2.98. The lowest BCUT2D eigenvalue weighted by Gasteiger charge is -2.36. The van der Waals surface area contributed by atoms with Gasteiger partial charge in [0.25, 0.3) is 0 Å². The van der Waals surface area contributed by atoms with Crippen molar-refractivity contribution in [2.75, 3.05) is 40.5 Å². The number of nitrogens with one attached hydrogen (secondary N) is 2. The Balaban J connectivity index is 0.00000338. The third kappa shape index (κ3) is 6.35. The van der Waals surface area contributed by atoms with Crippen LogP contribution in [-0.4, -0.2) is 52.0 Å². The molecule has 1 aliphatic heterocycles. The van der Waals surface area contributed by atoms with Gasteiger partial charge in [-0.1, -0.05) is 26.0 Å². The predicted octanol–water partition coefficient (Wildman–Crippen LogP) is 3.08. The van der Waals surface area contributed by atoms with E-state index >= 15 is 0 Å². The van der Waals surface area contributed by atoms with Gasteiger partial charge in [0.05, 0.1) is 5.60 Å². The van der Waals surface area contributed by atoms with Crippen LogP contribution < -0.4 is 10.6 Å². The van der Waals surface area contributed by atoms with Gasteiger partial charge < -0.3 is 20.1 Å². The van der Waals surface area contributed by atoms with Crippen molar-refractivity contribution in [3.63, 3.8) is 0 Å². The average Bonchev–Trinajstić information content (AvgIpc) is 2.62. The van der Waals surface area contributed by atoms with Gasteiger partial charge in [-0.3, -0.25) is 4.99 Å². The molecule has 0 atom stereocenters. The monoisotopic (exact) mass is 479 g/mol. The van der Waals surface area contributed by atoms with Crippen molar-refractivity contribution < 1.29 is 13.9 Å². The van der Waals surface area contributed by atoms with Crippen molar-refractivity contribution in [3.05, 3.63) is 35.6 Å². The number of benzene rings is 1. The minimum Gasteiger partial charge on any atom is -0.381 e. The Bertz CT molecular complexity index is 590. The van der Waals surface area contributed by atoms with Crippen LogP contribution in [0.4, 0.5) is 4.39 Å². The maximum absolute atomic E-state index is 13.5. The maximum atomic E-state index is 13.5. The minimum atomic E-state index is -0.225. The predicted molar refractivity (Wildman–Crippen MR) is 114 cm³/mol. The van der Waals surface area contributed by atoms with E-state index in [0.29, 0.717) is 32.3 Å². The first-order valence-electron chi connectivity index (χ1n) is 8.74. The lowest BCUT2D eigenvalue weighted by Crippen LogP contribution is -2.52. The van der Waals surface area contributed by atoms with Crippen LogP contribution in [0.25, 0.3) is 0 Å². The second-order valence-corrected chi connectivity index (χ2v) is 7.17. The van der Waals surface area contributed by atoms with E-state index in [1.165, 1.54) is 6.07 Å². The van der Waals surface area contributed by atoms with Gasteiger partial charge in [-0.2, -0.15) is 0 Å². The number of methoxy groups -OCH3 is 1. The summed E-state index contributed by atoms with van der Waals surface area (Å²) in [7, 11) is 3.49. The number of rotatable bonds is 6. The molecule has 2 N–H and O–H groups in total. The second kappa shape index (κ2) is 10.4. The Labute approximate surface area is 173 Å². The molecule has 2 rings (SSSR count). The molecular weight excluding hydrogens is 448 g/mol. The quantitative estimate of drug-likeness (QED) is 0.374. The molecule has 0 saturated carbocycles. The Morgan fingerprint density at radius 1 is 1.31 bits per heavy atom. The molecule has 1 fully saturated rings. The number of hydrogen-bond acceptors (Lipinski definition) is 3. The van der Waals surface area contributed by atoms with Crippen molar-refractivity contribution in [2.45, 2.75) is 37.7 Å². The smallest absolute Gasteiger partial charge is 0.191 e. The summed E-state index contributed by atoms with van der Waals surface area (Å²) >= 11 is 0. The third-order valence-electron chi connectivity index (χ3n) is 4.94. The second-order valence-electron chi connectivity index (χ2n) is 7.17. The van der Waals surface area contributed by atoms with Crippen molar-refractivity contribution in [3.8, 4) is 0 Å². The van der Waals surface area contributed by atoms with Crippen molar-refractivity contribution in [1.29, 1.82) is 0 Å². The van der Waals surface area contributed by atoms with Crippen LogP contribution >= 0.6 is 24.0 Å². The van der Waals surface area contributed by atoms with E-state index in [1.54, 1.807) is 26.3 Å². The van der Waals surface area contributed by atoms with Gasteiger partial charge in [-0.05, 0) is 17.7 Å². The maximum Gasteiger partial charge on any atom is 0.191 e. The van der Waals surface area contributed by atoms with E-state index < -0.39 is 0 Å². The van der Waals surface area contributed by atoms with E-state index in [1.807, 2.05) is 6.07 Å². The Kier molecular flexibility index (Phi) is 9.26. The normalized spacial score (nSPS) is 17.3. The van der Waals surface area contributed by atoms with Crippen LogP contribution in [0.15, 0.2) is 29.3 Å². The number of halogens is 2. The Morgan fingerprint density at radius 2 is 2.00 bits per heavy atom. The molecular formula is C19H31FIN3O2. The van der Waals surface area contributed by atoms with E-state index in [4.69, 9.17) is 9.47 Å². The van der Waals surface area contributed by atoms with Crippen molar-refractivity contribution in [2.24, 2.45) is 4.99 Å². The van der Waals surface area contributed by atoms with E-state index in [0.717, 1.165) is 18.4 Å². The van der Waals surface area contributed by atoms with Crippen molar-refractivity contribution in [1.82, 2.24) is 10.6 Å². The van der Waals surface area contributed by atoms with E-state index in [9.17, 15) is 4.39 Å². The largest absolute Gasteiger partial charge is 0.381 e. The number of guanidine groups is 1. The zero-order valence-corrected chi connectivity index (χ0v) is 18.4. The average molecular weight is 479 g/mol. The first kappa shape index (κ1) is 23.1. The molecule has 0 aromatic heterocycles. The molecule has 0 radical (unpaired) electrons.